The van der Waals surface area contributed by atoms with Gasteiger partial charge in [0, 0.05) is 44.2 Å². The average molecular weight is 396 g/mol. The van der Waals surface area contributed by atoms with Gasteiger partial charge in [-0.05, 0) is 43.7 Å². The van der Waals surface area contributed by atoms with Gasteiger partial charge in [0.2, 0.25) is 5.91 Å². The van der Waals surface area contributed by atoms with Crippen LogP contribution in [0.2, 0.25) is 0 Å². The van der Waals surface area contributed by atoms with Crippen LogP contribution in [0.4, 0.5) is 0 Å². The molecule has 2 aliphatic heterocycles. The summed E-state index contributed by atoms with van der Waals surface area (Å²) < 4.78 is 0. The van der Waals surface area contributed by atoms with Gasteiger partial charge in [-0.1, -0.05) is 18.2 Å². The number of rotatable bonds is 3. The summed E-state index contributed by atoms with van der Waals surface area (Å²) in [6.45, 7) is 5.83. The Morgan fingerprint density at radius 1 is 1.07 bits per heavy atom. The molecule has 2 aromatic rings. The number of nitrogens with zero attached hydrogens (tertiary/aromatic N) is 3. The van der Waals surface area contributed by atoms with E-state index >= 15 is 0 Å². The van der Waals surface area contributed by atoms with Crippen LogP contribution < -0.4 is 5.56 Å². The molecule has 154 valence electrons. The molecule has 1 N–H and O–H groups in total. The summed E-state index contributed by atoms with van der Waals surface area (Å²) in [6.07, 6.45) is 3.36. The van der Waals surface area contributed by atoms with Crippen LogP contribution in [0.5, 0.6) is 0 Å². The number of amides is 2. The third-order valence-electron chi connectivity index (χ3n) is 6.13. The Bertz CT molecular complexity index is 962. The molecule has 0 saturated carbocycles. The van der Waals surface area contributed by atoms with Crippen LogP contribution in [0.1, 0.15) is 36.7 Å². The minimum atomic E-state index is -0.244. The van der Waals surface area contributed by atoms with Gasteiger partial charge >= 0.3 is 0 Å². The third-order valence-corrected chi connectivity index (χ3v) is 6.13. The molecule has 0 radical (unpaired) electrons. The number of hydrogen-bond donors (Lipinski definition) is 1. The van der Waals surface area contributed by atoms with Crippen molar-refractivity contribution in [2.45, 2.75) is 32.2 Å². The second-order valence-electron chi connectivity index (χ2n) is 8.10. The lowest BCUT2D eigenvalue weighted by Crippen LogP contribution is -2.53. The molecule has 7 heteroatoms. The maximum atomic E-state index is 12.9. The van der Waals surface area contributed by atoms with E-state index in [1.807, 2.05) is 23.1 Å². The maximum Gasteiger partial charge on any atom is 0.270 e. The first-order chi connectivity index (χ1) is 14.0. The van der Waals surface area contributed by atoms with Crippen molar-refractivity contribution in [2.24, 2.45) is 0 Å². The summed E-state index contributed by atoms with van der Waals surface area (Å²) in [5.74, 6) is 0.0271. The van der Waals surface area contributed by atoms with Gasteiger partial charge in [0.15, 0.2) is 0 Å². The van der Waals surface area contributed by atoms with Gasteiger partial charge in [0.05, 0.1) is 6.54 Å². The number of hydrogen-bond acceptors (Lipinski definition) is 4. The van der Waals surface area contributed by atoms with Crippen molar-refractivity contribution in [3.63, 3.8) is 0 Å². The molecule has 1 aromatic carbocycles. The van der Waals surface area contributed by atoms with Gasteiger partial charge in [-0.2, -0.15) is 0 Å². The van der Waals surface area contributed by atoms with Gasteiger partial charge in [-0.3, -0.25) is 19.3 Å². The fourth-order valence-electron chi connectivity index (χ4n) is 4.36. The average Bonchev–Trinajstić information content (AvgIpc) is 2.74. The molecular formula is C22H28N4O3. The first kappa shape index (κ1) is 19.6. The van der Waals surface area contributed by atoms with Crippen molar-refractivity contribution in [2.75, 3.05) is 39.3 Å². The van der Waals surface area contributed by atoms with Crippen LogP contribution in [-0.4, -0.2) is 76.8 Å². The summed E-state index contributed by atoms with van der Waals surface area (Å²) >= 11 is 0. The zero-order valence-corrected chi connectivity index (χ0v) is 16.9. The lowest BCUT2D eigenvalue weighted by atomic mass is 10.0. The lowest BCUT2D eigenvalue weighted by Gasteiger charge is -2.38. The highest BCUT2D eigenvalue weighted by atomic mass is 16.2. The molecule has 2 aliphatic rings. The molecule has 1 aromatic heterocycles. The molecule has 29 heavy (non-hydrogen) atoms. The largest absolute Gasteiger partial charge is 0.339 e. The number of carbonyl (C=O) groups is 2. The first-order valence-corrected chi connectivity index (χ1v) is 10.5. The van der Waals surface area contributed by atoms with E-state index in [-0.39, 0.29) is 17.4 Å². The third kappa shape index (κ3) is 4.19. The van der Waals surface area contributed by atoms with Gasteiger partial charge in [-0.25, -0.2) is 0 Å². The highest BCUT2D eigenvalue weighted by Crippen LogP contribution is 2.17. The van der Waals surface area contributed by atoms with E-state index in [1.54, 1.807) is 17.0 Å². The van der Waals surface area contributed by atoms with Crippen molar-refractivity contribution >= 4 is 22.6 Å². The first-order valence-electron chi connectivity index (χ1n) is 10.5. The van der Waals surface area contributed by atoms with Gasteiger partial charge < -0.3 is 14.8 Å². The Balaban J connectivity index is 1.36. The molecule has 7 nitrogen and oxygen atoms in total. The highest BCUT2D eigenvalue weighted by Gasteiger charge is 2.28. The number of nitrogens with one attached hydrogen (secondary N) is 1. The van der Waals surface area contributed by atoms with Crippen molar-refractivity contribution in [3.8, 4) is 0 Å². The van der Waals surface area contributed by atoms with E-state index in [4.69, 9.17) is 0 Å². The predicted octanol–water partition coefficient (Wildman–Crippen LogP) is 1.69. The van der Waals surface area contributed by atoms with Crippen molar-refractivity contribution in [3.05, 3.63) is 46.4 Å². The van der Waals surface area contributed by atoms with Crippen LogP contribution in [0, 0.1) is 0 Å². The summed E-state index contributed by atoms with van der Waals surface area (Å²) in [7, 11) is 0. The number of aromatic amines is 1. The van der Waals surface area contributed by atoms with Gasteiger partial charge in [0.25, 0.3) is 11.5 Å². The SMILES string of the molecule is C[C@H]1CCCCN1C(=O)CN1CCN(C(=O)c2cc3ccccc3c(=O)[nH]2)CC1. The topological polar surface area (TPSA) is 76.7 Å². The number of likely N-dealkylation sites (tertiary alicyclic amines) is 1. The van der Waals surface area contributed by atoms with Crippen molar-refractivity contribution in [1.82, 2.24) is 19.7 Å². The second kappa shape index (κ2) is 8.37. The number of pyridine rings is 1. The number of piperidine rings is 1. The molecule has 1 atom stereocenters. The van der Waals surface area contributed by atoms with E-state index in [0.717, 1.165) is 24.8 Å². The molecule has 0 spiro atoms. The number of benzene rings is 1. The summed E-state index contributed by atoms with van der Waals surface area (Å²) in [6, 6.07) is 9.32. The second-order valence-corrected chi connectivity index (χ2v) is 8.10. The van der Waals surface area contributed by atoms with Crippen LogP contribution in [-0.2, 0) is 4.79 Å². The number of aromatic nitrogens is 1. The van der Waals surface area contributed by atoms with Crippen molar-refractivity contribution < 1.29 is 9.59 Å². The van der Waals surface area contributed by atoms with E-state index in [9.17, 15) is 14.4 Å². The van der Waals surface area contributed by atoms with E-state index in [2.05, 4.69) is 16.8 Å². The Hall–Kier alpha value is -2.67. The summed E-state index contributed by atoms with van der Waals surface area (Å²) in [5.41, 5.74) is 0.0756. The molecule has 0 bridgehead atoms. The Kier molecular flexibility index (Phi) is 5.67. The molecule has 2 fully saturated rings. The highest BCUT2D eigenvalue weighted by molar-refractivity contribution is 5.96. The molecule has 3 heterocycles. The van der Waals surface area contributed by atoms with Gasteiger partial charge in [-0.15, -0.1) is 0 Å². The molecular weight excluding hydrogens is 368 g/mol. The maximum absolute atomic E-state index is 12.9. The molecule has 2 saturated heterocycles. The number of carbonyl (C=O) groups excluding carboxylic acids is 2. The van der Waals surface area contributed by atoms with E-state index in [1.165, 1.54) is 6.42 Å². The fraction of sp³-hybridized carbons (Fsp3) is 0.500. The predicted molar refractivity (Wildman–Crippen MR) is 112 cm³/mol. The monoisotopic (exact) mass is 396 g/mol. The van der Waals surface area contributed by atoms with Crippen LogP contribution in [0.15, 0.2) is 35.1 Å². The van der Waals surface area contributed by atoms with Gasteiger partial charge in [0.1, 0.15) is 5.69 Å². The molecule has 0 unspecified atom stereocenters. The number of fused-ring (bicyclic) bond motifs is 1. The van der Waals surface area contributed by atoms with Crippen molar-refractivity contribution in [1.29, 1.82) is 0 Å². The van der Waals surface area contributed by atoms with Crippen LogP contribution >= 0.6 is 0 Å². The smallest absolute Gasteiger partial charge is 0.270 e. The summed E-state index contributed by atoms with van der Waals surface area (Å²) in [4.78, 5) is 46.4. The zero-order chi connectivity index (χ0) is 20.4. The quantitative estimate of drug-likeness (QED) is 0.857. The fourth-order valence-corrected chi connectivity index (χ4v) is 4.36. The minimum absolute atomic E-state index is 0.163. The number of piperazine rings is 1. The standard InChI is InChI=1S/C22H28N4O3/c1-16-6-4-5-9-26(16)20(27)15-24-10-12-25(13-11-24)22(29)19-14-17-7-2-3-8-18(17)21(28)23-19/h2-3,7-8,14,16H,4-6,9-13,15H2,1H3,(H,23,28)/t16-/m0/s1. The zero-order valence-electron chi connectivity index (χ0n) is 16.9. The molecule has 4 rings (SSSR count). The van der Waals surface area contributed by atoms with E-state index < -0.39 is 0 Å². The Morgan fingerprint density at radius 2 is 1.83 bits per heavy atom. The van der Waals surface area contributed by atoms with Crippen LogP contribution in [0.3, 0.4) is 0 Å². The minimum Gasteiger partial charge on any atom is -0.339 e. The lowest BCUT2D eigenvalue weighted by molar-refractivity contribution is -0.136. The summed E-state index contributed by atoms with van der Waals surface area (Å²) in [5, 5.41) is 1.35. The number of H-pyrrole nitrogens is 1. The van der Waals surface area contributed by atoms with Crippen LogP contribution in [0.25, 0.3) is 10.8 Å². The normalized spacial score (nSPS) is 20.8. The van der Waals surface area contributed by atoms with E-state index in [0.29, 0.717) is 49.8 Å². The Labute approximate surface area is 170 Å². The molecule has 0 aliphatic carbocycles. The Morgan fingerprint density at radius 3 is 2.59 bits per heavy atom. The molecule has 2 amide bonds.